The zero-order chi connectivity index (χ0) is 13.8. The summed E-state index contributed by atoms with van der Waals surface area (Å²) in [6.45, 7) is 5.77. The molecule has 0 aliphatic heterocycles. The lowest BCUT2D eigenvalue weighted by Crippen LogP contribution is -2.27. The lowest BCUT2D eigenvalue weighted by atomic mass is 10.2. The minimum Gasteiger partial charge on any atom is -0.488 e. The van der Waals surface area contributed by atoms with Crippen LogP contribution in [0.25, 0.3) is 5.69 Å². The minimum absolute atomic E-state index is 0.218. The van der Waals surface area contributed by atoms with Crippen LogP contribution in [0.4, 0.5) is 0 Å². The van der Waals surface area contributed by atoms with Crippen LogP contribution in [0.15, 0.2) is 36.7 Å². The van der Waals surface area contributed by atoms with Gasteiger partial charge in [0.2, 0.25) is 0 Å². The molecule has 102 valence electrons. The molecule has 0 saturated carbocycles. The van der Waals surface area contributed by atoms with Crippen LogP contribution in [0.3, 0.4) is 0 Å². The number of aliphatic hydroxyl groups is 1. The fraction of sp³-hybridized carbons (Fsp3) is 0.400. The summed E-state index contributed by atoms with van der Waals surface area (Å²) in [5, 5.41) is 9.74. The Morgan fingerprint density at radius 3 is 2.84 bits per heavy atom. The summed E-state index contributed by atoms with van der Waals surface area (Å²) in [4.78, 5) is 4.21. The summed E-state index contributed by atoms with van der Waals surface area (Å²) in [6, 6.07) is 7.79. The van der Waals surface area contributed by atoms with Crippen molar-refractivity contribution in [1.29, 1.82) is 0 Å². The monoisotopic (exact) mass is 260 g/mol. The van der Waals surface area contributed by atoms with E-state index in [9.17, 15) is 5.11 Å². The molecular formula is C15H20N2O2. The van der Waals surface area contributed by atoms with E-state index in [0.717, 1.165) is 17.3 Å². The standard InChI is InChI=1S/C15H20N2O2/c1-4-15(18)11(2)19-14-7-5-6-13(10-14)17-9-8-16-12(17)3/h5-11,15,18H,4H2,1-3H3. The predicted molar refractivity (Wildman–Crippen MR) is 74.7 cm³/mol. The Hall–Kier alpha value is -1.81. The first kappa shape index (κ1) is 13.6. The van der Waals surface area contributed by atoms with E-state index in [1.807, 2.05) is 55.8 Å². The maximum absolute atomic E-state index is 9.74. The third-order valence-corrected chi connectivity index (χ3v) is 3.20. The van der Waals surface area contributed by atoms with Gasteiger partial charge in [-0.15, -0.1) is 0 Å². The van der Waals surface area contributed by atoms with Crippen LogP contribution in [0.1, 0.15) is 26.1 Å². The number of nitrogens with zero attached hydrogens (tertiary/aromatic N) is 2. The molecule has 2 atom stereocenters. The van der Waals surface area contributed by atoms with E-state index < -0.39 is 6.10 Å². The van der Waals surface area contributed by atoms with Crippen molar-refractivity contribution in [1.82, 2.24) is 9.55 Å². The Labute approximate surface area is 113 Å². The van der Waals surface area contributed by atoms with Gasteiger partial charge >= 0.3 is 0 Å². The van der Waals surface area contributed by atoms with Crippen LogP contribution in [0.5, 0.6) is 5.75 Å². The quantitative estimate of drug-likeness (QED) is 0.899. The normalized spacial score (nSPS) is 14.1. The highest BCUT2D eigenvalue weighted by molar-refractivity contribution is 5.40. The Bertz CT molecular complexity index is 536. The molecule has 4 heteroatoms. The van der Waals surface area contributed by atoms with E-state index in [2.05, 4.69) is 4.98 Å². The second-order valence-electron chi connectivity index (χ2n) is 4.64. The Morgan fingerprint density at radius 1 is 1.42 bits per heavy atom. The third-order valence-electron chi connectivity index (χ3n) is 3.20. The molecule has 1 heterocycles. The number of aliphatic hydroxyl groups excluding tert-OH is 1. The number of hydrogen-bond donors (Lipinski definition) is 1. The Balaban J connectivity index is 2.18. The maximum atomic E-state index is 9.74. The van der Waals surface area contributed by atoms with Gasteiger partial charge in [0.1, 0.15) is 17.7 Å². The lowest BCUT2D eigenvalue weighted by Gasteiger charge is -2.19. The van der Waals surface area contributed by atoms with Crippen LogP contribution in [-0.2, 0) is 0 Å². The highest BCUT2D eigenvalue weighted by Crippen LogP contribution is 2.20. The van der Waals surface area contributed by atoms with Gasteiger partial charge in [-0.25, -0.2) is 4.98 Å². The molecule has 0 fully saturated rings. The fourth-order valence-corrected chi connectivity index (χ4v) is 1.98. The molecule has 1 N–H and O–H groups in total. The van der Waals surface area contributed by atoms with E-state index in [4.69, 9.17) is 4.74 Å². The number of aromatic nitrogens is 2. The molecule has 0 amide bonds. The summed E-state index contributed by atoms with van der Waals surface area (Å²) in [5.74, 6) is 1.68. The average molecular weight is 260 g/mol. The summed E-state index contributed by atoms with van der Waals surface area (Å²) < 4.78 is 7.76. The molecule has 2 aromatic rings. The number of hydrogen-bond acceptors (Lipinski definition) is 3. The van der Waals surface area contributed by atoms with Crippen molar-refractivity contribution >= 4 is 0 Å². The van der Waals surface area contributed by atoms with Crippen LogP contribution < -0.4 is 4.74 Å². The predicted octanol–water partition coefficient (Wildman–Crippen LogP) is 2.72. The molecule has 1 aromatic heterocycles. The summed E-state index contributed by atoms with van der Waals surface area (Å²) >= 11 is 0. The minimum atomic E-state index is -0.446. The number of rotatable bonds is 5. The molecule has 0 spiro atoms. The van der Waals surface area contributed by atoms with Gasteiger partial charge in [-0.3, -0.25) is 0 Å². The molecule has 2 unspecified atom stereocenters. The maximum Gasteiger partial charge on any atom is 0.122 e. The topological polar surface area (TPSA) is 47.3 Å². The highest BCUT2D eigenvalue weighted by atomic mass is 16.5. The zero-order valence-corrected chi connectivity index (χ0v) is 11.6. The fourth-order valence-electron chi connectivity index (χ4n) is 1.98. The van der Waals surface area contributed by atoms with Gasteiger partial charge < -0.3 is 14.4 Å². The molecule has 0 aliphatic rings. The van der Waals surface area contributed by atoms with E-state index in [0.29, 0.717) is 6.42 Å². The molecule has 0 aliphatic carbocycles. The molecular weight excluding hydrogens is 240 g/mol. The second-order valence-corrected chi connectivity index (χ2v) is 4.64. The first-order valence-corrected chi connectivity index (χ1v) is 6.57. The summed E-state index contributed by atoms with van der Waals surface area (Å²) in [7, 11) is 0. The molecule has 4 nitrogen and oxygen atoms in total. The van der Waals surface area contributed by atoms with Crippen LogP contribution >= 0.6 is 0 Å². The van der Waals surface area contributed by atoms with Gasteiger partial charge in [0.05, 0.1) is 11.8 Å². The number of ether oxygens (including phenoxy) is 1. The van der Waals surface area contributed by atoms with Crippen molar-refractivity contribution in [3.63, 3.8) is 0 Å². The average Bonchev–Trinajstić information content (AvgIpc) is 2.84. The van der Waals surface area contributed by atoms with Crippen molar-refractivity contribution in [2.75, 3.05) is 0 Å². The van der Waals surface area contributed by atoms with Crippen molar-refractivity contribution in [2.24, 2.45) is 0 Å². The van der Waals surface area contributed by atoms with E-state index in [1.165, 1.54) is 0 Å². The first-order valence-electron chi connectivity index (χ1n) is 6.57. The van der Waals surface area contributed by atoms with Gasteiger partial charge in [0.15, 0.2) is 0 Å². The van der Waals surface area contributed by atoms with Gasteiger partial charge in [-0.2, -0.15) is 0 Å². The van der Waals surface area contributed by atoms with Gasteiger partial charge in [-0.05, 0) is 32.4 Å². The SMILES string of the molecule is CCC(O)C(C)Oc1cccc(-n2ccnc2C)c1. The van der Waals surface area contributed by atoms with Crippen molar-refractivity contribution in [2.45, 2.75) is 39.4 Å². The Kier molecular flexibility index (Phi) is 4.22. The van der Waals surface area contributed by atoms with Crippen LogP contribution in [0, 0.1) is 6.92 Å². The first-order chi connectivity index (χ1) is 9.11. The highest BCUT2D eigenvalue weighted by Gasteiger charge is 2.13. The van der Waals surface area contributed by atoms with Gasteiger partial charge in [0, 0.05) is 18.5 Å². The van der Waals surface area contributed by atoms with Crippen LogP contribution in [-0.4, -0.2) is 26.9 Å². The largest absolute Gasteiger partial charge is 0.488 e. The van der Waals surface area contributed by atoms with Crippen LogP contribution in [0.2, 0.25) is 0 Å². The smallest absolute Gasteiger partial charge is 0.122 e. The molecule has 0 bridgehead atoms. The van der Waals surface area contributed by atoms with Crippen molar-refractivity contribution < 1.29 is 9.84 Å². The van der Waals surface area contributed by atoms with Crippen molar-refractivity contribution in [3.8, 4) is 11.4 Å². The third kappa shape index (κ3) is 3.15. The van der Waals surface area contributed by atoms with Gasteiger partial charge in [-0.1, -0.05) is 13.0 Å². The van der Waals surface area contributed by atoms with Crippen molar-refractivity contribution in [3.05, 3.63) is 42.5 Å². The molecule has 0 saturated heterocycles. The van der Waals surface area contributed by atoms with Gasteiger partial charge in [0.25, 0.3) is 0 Å². The molecule has 19 heavy (non-hydrogen) atoms. The Morgan fingerprint density at radius 2 is 2.21 bits per heavy atom. The number of aryl methyl sites for hydroxylation is 1. The molecule has 2 rings (SSSR count). The van der Waals surface area contributed by atoms with E-state index >= 15 is 0 Å². The number of imidazole rings is 1. The zero-order valence-electron chi connectivity index (χ0n) is 11.6. The lowest BCUT2D eigenvalue weighted by molar-refractivity contribution is 0.0451. The van der Waals surface area contributed by atoms with E-state index in [-0.39, 0.29) is 6.10 Å². The second kappa shape index (κ2) is 5.89. The molecule has 0 radical (unpaired) electrons. The number of benzene rings is 1. The van der Waals surface area contributed by atoms with E-state index in [1.54, 1.807) is 6.20 Å². The molecule has 1 aromatic carbocycles. The summed E-state index contributed by atoms with van der Waals surface area (Å²) in [6.07, 6.45) is 3.70. The summed E-state index contributed by atoms with van der Waals surface area (Å²) in [5.41, 5.74) is 1.01.